The highest BCUT2D eigenvalue weighted by atomic mass is 16.1. The van der Waals surface area contributed by atoms with Gasteiger partial charge in [0.05, 0.1) is 6.20 Å². The van der Waals surface area contributed by atoms with E-state index >= 15 is 0 Å². The van der Waals surface area contributed by atoms with Crippen LogP contribution in [-0.4, -0.2) is 15.7 Å². The van der Waals surface area contributed by atoms with Gasteiger partial charge in [0.15, 0.2) is 0 Å². The van der Waals surface area contributed by atoms with Gasteiger partial charge in [0.25, 0.3) is 0 Å². The number of primary amides is 1. The zero-order valence-corrected chi connectivity index (χ0v) is 6.90. The molecule has 5 nitrogen and oxygen atoms in total. The number of aromatic nitrogens is 2. The Hall–Kier alpha value is -1.36. The SMILES string of the molecule is Cn1cc(C(N)CC(N)=O)cn1. The molecule has 1 heterocycles. The van der Waals surface area contributed by atoms with E-state index in [1.54, 1.807) is 24.1 Å². The van der Waals surface area contributed by atoms with Crippen molar-refractivity contribution in [1.82, 2.24) is 9.78 Å². The summed E-state index contributed by atoms with van der Waals surface area (Å²) in [5.74, 6) is -0.397. The molecule has 0 saturated heterocycles. The topological polar surface area (TPSA) is 86.9 Å². The number of carbonyl (C=O) groups is 1. The Labute approximate surface area is 70.3 Å². The van der Waals surface area contributed by atoms with Crippen molar-refractivity contribution in [3.05, 3.63) is 18.0 Å². The van der Waals surface area contributed by atoms with Gasteiger partial charge in [0, 0.05) is 31.3 Å². The molecule has 1 aromatic heterocycles. The highest BCUT2D eigenvalue weighted by Gasteiger charge is 2.10. The largest absolute Gasteiger partial charge is 0.370 e. The summed E-state index contributed by atoms with van der Waals surface area (Å²) in [7, 11) is 1.79. The van der Waals surface area contributed by atoms with Gasteiger partial charge in [-0.25, -0.2) is 0 Å². The molecule has 1 unspecified atom stereocenters. The second kappa shape index (κ2) is 3.36. The second-order valence-electron chi connectivity index (χ2n) is 2.72. The van der Waals surface area contributed by atoms with Gasteiger partial charge in [-0.2, -0.15) is 5.10 Å². The van der Waals surface area contributed by atoms with Crippen LogP contribution in [0.5, 0.6) is 0 Å². The summed E-state index contributed by atoms with van der Waals surface area (Å²) in [4.78, 5) is 10.5. The van der Waals surface area contributed by atoms with E-state index in [1.165, 1.54) is 0 Å². The predicted molar refractivity (Wildman–Crippen MR) is 43.9 cm³/mol. The minimum absolute atomic E-state index is 0.158. The van der Waals surface area contributed by atoms with Crippen molar-refractivity contribution < 1.29 is 4.79 Å². The lowest BCUT2D eigenvalue weighted by atomic mass is 10.1. The summed E-state index contributed by atoms with van der Waals surface area (Å²) in [5.41, 5.74) is 11.5. The minimum Gasteiger partial charge on any atom is -0.370 e. The average Bonchev–Trinajstić information content (AvgIpc) is 2.34. The van der Waals surface area contributed by atoms with Gasteiger partial charge < -0.3 is 11.5 Å². The fourth-order valence-electron chi connectivity index (χ4n) is 0.966. The Morgan fingerprint density at radius 2 is 2.50 bits per heavy atom. The molecular formula is C7H12N4O. The molecule has 0 saturated carbocycles. The van der Waals surface area contributed by atoms with E-state index < -0.39 is 5.91 Å². The first-order valence-corrected chi connectivity index (χ1v) is 3.62. The number of amides is 1. The minimum atomic E-state index is -0.397. The van der Waals surface area contributed by atoms with Gasteiger partial charge in [-0.05, 0) is 0 Å². The summed E-state index contributed by atoms with van der Waals surface area (Å²) in [5, 5.41) is 3.93. The first kappa shape index (κ1) is 8.73. The van der Waals surface area contributed by atoms with Crippen LogP contribution in [0.3, 0.4) is 0 Å². The van der Waals surface area contributed by atoms with Crippen LogP contribution in [0.2, 0.25) is 0 Å². The highest BCUT2D eigenvalue weighted by molar-refractivity contribution is 5.74. The Morgan fingerprint density at radius 3 is 2.92 bits per heavy atom. The zero-order valence-electron chi connectivity index (χ0n) is 6.90. The van der Waals surface area contributed by atoms with Crippen LogP contribution in [0.1, 0.15) is 18.0 Å². The molecule has 0 aromatic carbocycles. The number of hydrogen-bond donors (Lipinski definition) is 2. The Bertz CT molecular complexity index is 281. The summed E-state index contributed by atoms with van der Waals surface area (Å²) < 4.78 is 1.64. The third-order valence-electron chi connectivity index (χ3n) is 1.57. The lowest BCUT2D eigenvalue weighted by Gasteiger charge is -2.04. The smallest absolute Gasteiger partial charge is 0.219 e. The Morgan fingerprint density at radius 1 is 1.83 bits per heavy atom. The maximum atomic E-state index is 10.5. The molecule has 0 aliphatic heterocycles. The number of nitrogens with two attached hydrogens (primary N) is 2. The summed E-state index contributed by atoms with van der Waals surface area (Å²) in [6.45, 7) is 0. The lowest BCUT2D eigenvalue weighted by Crippen LogP contribution is -2.20. The first-order valence-electron chi connectivity index (χ1n) is 3.62. The molecule has 1 rings (SSSR count). The van der Waals surface area contributed by atoms with Crippen molar-refractivity contribution in [2.75, 3.05) is 0 Å². The molecule has 12 heavy (non-hydrogen) atoms. The van der Waals surface area contributed by atoms with Gasteiger partial charge in [-0.1, -0.05) is 0 Å². The fourth-order valence-corrected chi connectivity index (χ4v) is 0.966. The van der Waals surface area contributed by atoms with Gasteiger partial charge in [-0.15, -0.1) is 0 Å². The van der Waals surface area contributed by atoms with Crippen molar-refractivity contribution in [1.29, 1.82) is 0 Å². The van der Waals surface area contributed by atoms with Crippen LogP contribution < -0.4 is 11.5 Å². The molecule has 4 N–H and O–H groups in total. The molecule has 66 valence electrons. The van der Waals surface area contributed by atoms with Gasteiger partial charge >= 0.3 is 0 Å². The Kier molecular flexibility index (Phi) is 2.44. The molecule has 0 spiro atoms. The van der Waals surface area contributed by atoms with Crippen LogP contribution in [0, 0.1) is 0 Å². The molecule has 0 fully saturated rings. The van der Waals surface area contributed by atoms with Crippen LogP contribution in [-0.2, 0) is 11.8 Å². The third-order valence-corrected chi connectivity index (χ3v) is 1.57. The number of hydrogen-bond acceptors (Lipinski definition) is 3. The van der Waals surface area contributed by atoms with E-state index in [9.17, 15) is 4.79 Å². The highest BCUT2D eigenvalue weighted by Crippen LogP contribution is 2.11. The van der Waals surface area contributed by atoms with Crippen molar-refractivity contribution in [2.45, 2.75) is 12.5 Å². The van der Waals surface area contributed by atoms with E-state index in [2.05, 4.69) is 5.10 Å². The maximum Gasteiger partial charge on any atom is 0.219 e. The molecular weight excluding hydrogens is 156 g/mol. The lowest BCUT2D eigenvalue weighted by molar-refractivity contribution is -0.118. The van der Waals surface area contributed by atoms with Crippen molar-refractivity contribution >= 4 is 5.91 Å². The number of nitrogens with zero attached hydrogens (tertiary/aromatic N) is 2. The monoisotopic (exact) mass is 168 g/mol. The molecule has 5 heteroatoms. The van der Waals surface area contributed by atoms with Gasteiger partial charge in [0.1, 0.15) is 0 Å². The molecule has 1 atom stereocenters. The van der Waals surface area contributed by atoms with Crippen LogP contribution in [0.25, 0.3) is 0 Å². The molecule has 1 amide bonds. The number of carbonyl (C=O) groups excluding carboxylic acids is 1. The quantitative estimate of drug-likeness (QED) is 0.625. The fraction of sp³-hybridized carbons (Fsp3) is 0.429. The second-order valence-corrected chi connectivity index (χ2v) is 2.72. The van der Waals surface area contributed by atoms with E-state index in [-0.39, 0.29) is 12.5 Å². The van der Waals surface area contributed by atoms with E-state index in [4.69, 9.17) is 11.5 Å². The van der Waals surface area contributed by atoms with Crippen molar-refractivity contribution in [2.24, 2.45) is 18.5 Å². The molecule has 0 aliphatic rings. The van der Waals surface area contributed by atoms with E-state index in [1.807, 2.05) is 0 Å². The zero-order chi connectivity index (χ0) is 9.14. The van der Waals surface area contributed by atoms with Gasteiger partial charge in [0.2, 0.25) is 5.91 Å². The predicted octanol–water partition coefficient (Wildman–Crippen LogP) is -0.705. The molecule has 0 radical (unpaired) electrons. The summed E-state index contributed by atoms with van der Waals surface area (Å²) in [6.07, 6.45) is 3.56. The van der Waals surface area contributed by atoms with Crippen molar-refractivity contribution in [3.8, 4) is 0 Å². The normalized spacial score (nSPS) is 12.8. The number of rotatable bonds is 3. The summed E-state index contributed by atoms with van der Waals surface area (Å²) >= 11 is 0. The molecule has 0 bridgehead atoms. The summed E-state index contributed by atoms with van der Waals surface area (Å²) in [6, 6.07) is -0.337. The molecule has 0 aliphatic carbocycles. The standard InChI is InChI=1S/C7H12N4O/c1-11-4-5(3-10-11)6(8)2-7(9)12/h3-4,6H,2,8H2,1H3,(H2,9,12). The average molecular weight is 168 g/mol. The van der Waals surface area contributed by atoms with Crippen LogP contribution >= 0.6 is 0 Å². The maximum absolute atomic E-state index is 10.5. The first-order chi connectivity index (χ1) is 5.59. The van der Waals surface area contributed by atoms with Gasteiger partial charge in [-0.3, -0.25) is 9.48 Å². The molecule has 1 aromatic rings. The van der Waals surface area contributed by atoms with E-state index in [0.29, 0.717) is 0 Å². The van der Waals surface area contributed by atoms with E-state index in [0.717, 1.165) is 5.56 Å². The number of aryl methyl sites for hydroxylation is 1. The van der Waals surface area contributed by atoms with Crippen LogP contribution in [0.4, 0.5) is 0 Å². The van der Waals surface area contributed by atoms with Crippen LogP contribution in [0.15, 0.2) is 12.4 Å². The Balaban J connectivity index is 2.64. The third kappa shape index (κ3) is 2.06. The van der Waals surface area contributed by atoms with Crippen molar-refractivity contribution in [3.63, 3.8) is 0 Å².